The average Bonchev–Trinajstić information content (AvgIpc) is 3.07. The van der Waals surface area contributed by atoms with Crippen molar-refractivity contribution in [1.29, 1.82) is 0 Å². The first kappa shape index (κ1) is 16.5. The summed E-state index contributed by atoms with van der Waals surface area (Å²) in [6.07, 6.45) is 3.03. The lowest BCUT2D eigenvalue weighted by Gasteiger charge is -2.24. The zero-order valence-corrected chi connectivity index (χ0v) is 15.0. The average molecular weight is 350 g/mol. The molecule has 26 heavy (non-hydrogen) atoms. The molecular formula is C21H22N2O3. The molecule has 0 bridgehead atoms. The number of hydrogen-bond donors (Lipinski definition) is 2. The lowest BCUT2D eigenvalue weighted by Crippen LogP contribution is -2.31. The number of H-pyrrole nitrogens is 1. The second kappa shape index (κ2) is 6.75. The highest BCUT2D eigenvalue weighted by Gasteiger charge is 2.26. The highest BCUT2D eigenvalue weighted by molar-refractivity contribution is 5.95. The fraction of sp³-hybridized carbons (Fsp3) is 0.286. The standard InChI is InChI=1S/C21H22N2O3/c1-25-18-11-10-13(12-19(18)26-2)21(24)23-17-9-5-7-15-14-6-3-4-8-16(14)22-20(15)17/h3-4,6,8,10-12,17,22H,5,7,9H2,1-2H3,(H,23,24). The van der Waals surface area contributed by atoms with Crippen LogP contribution in [0.25, 0.3) is 10.9 Å². The fourth-order valence-corrected chi connectivity index (χ4v) is 3.78. The van der Waals surface area contributed by atoms with Crippen molar-refractivity contribution in [3.63, 3.8) is 0 Å². The molecular weight excluding hydrogens is 328 g/mol. The first-order valence-electron chi connectivity index (χ1n) is 8.83. The van der Waals surface area contributed by atoms with Crippen LogP contribution in [0, 0.1) is 0 Å². The van der Waals surface area contributed by atoms with Crippen molar-refractivity contribution in [3.05, 3.63) is 59.3 Å². The number of nitrogens with one attached hydrogen (secondary N) is 2. The molecule has 0 saturated heterocycles. The zero-order chi connectivity index (χ0) is 18.1. The van der Waals surface area contributed by atoms with E-state index in [1.807, 2.05) is 6.07 Å². The largest absolute Gasteiger partial charge is 0.493 e. The summed E-state index contributed by atoms with van der Waals surface area (Å²) in [5, 5.41) is 4.43. The van der Waals surface area contributed by atoms with Crippen molar-refractivity contribution in [2.75, 3.05) is 14.2 Å². The number of aromatic nitrogens is 1. The minimum Gasteiger partial charge on any atom is -0.493 e. The van der Waals surface area contributed by atoms with Crippen LogP contribution in [-0.4, -0.2) is 25.1 Å². The lowest BCUT2D eigenvalue weighted by atomic mass is 9.91. The summed E-state index contributed by atoms with van der Waals surface area (Å²) in [6, 6.07) is 13.5. The molecule has 0 saturated carbocycles. The van der Waals surface area contributed by atoms with Gasteiger partial charge in [0.1, 0.15) is 0 Å². The first-order valence-corrected chi connectivity index (χ1v) is 8.83. The van der Waals surface area contributed by atoms with Crippen LogP contribution in [-0.2, 0) is 6.42 Å². The van der Waals surface area contributed by atoms with Crippen molar-refractivity contribution < 1.29 is 14.3 Å². The predicted molar refractivity (Wildman–Crippen MR) is 101 cm³/mol. The van der Waals surface area contributed by atoms with Crippen LogP contribution in [0.2, 0.25) is 0 Å². The summed E-state index contributed by atoms with van der Waals surface area (Å²) in [4.78, 5) is 16.3. The van der Waals surface area contributed by atoms with Crippen molar-refractivity contribution in [2.24, 2.45) is 0 Å². The van der Waals surface area contributed by atoms with E-state index in [9.17, 15) is 4.79 Å². The van der Waals surface area contributed by atoms with Crippen LogP contribution in [0.5, 0.6) is 11.5 Å². The number of carbonyl (C=O) groups excluding carboxylic acids is 1. The molecule has 5 nitrogen and oxygen atoms in total. The number of methoxy groups -OCH3 is 2. The molecule has 4 rings (SSSR count). The van der Waals surface area contributed by atoms with E-state index in [1.54, 1.807) is 32.4 Å². The number of carbonyl (C=O) groups is 1. The van der Waals surface area contributed by atoms with E-state index >= 15 is 0 Å². The molecule has 3 aromatic rings. The van der Waals surface area contributed by atoms with Crippen molar-refractivity contribution in [1.82, 2.24) is 10.3 Å². The number of aryl methyl sites for hydroxylation is 1. The molecule has 0 fully saturated rings. The molecule has 1 unspecified atom stereocenters. The highest BCUT2D eigenvalue weighted by Crippen LogP contribution is 2.35. The number of fused-ring (bicyclic) bond motifs is 3. The van der Waals surface area contributed by atoms with Gasteiger partial charge in [0.2, 0.25) is 0 Å². The van der Waals surface area contributed by atoms with E-state index in [2.05, 4.69) is 28.5 Å². The Labute approximate surface area is 152 Å². The van der Waals surface area contributed by atoms with Crippen molar-refractivity contribution in [3.8, 4) is 11.5 Å². The summed E-state index contributed by atoms with van der Waals surface area (Å²) in [6.45, 7) is 0. The Morgan fingerprint density at radius 1 is 1.12 bits per heavy atom. The van der Waals surface area contributed by atoms with Crippen LogP contribution in [0.4, 0.5) is 0 Å². The lowest BCUT2D eigenvalue weighted by molar-refractivity contribution is 0.0931. The van der Waals surface area contributed by atoms with E-state index < -0.39 is 0 Å². The van der Waals surface area contributed by atoms with E-state index in [0.29, 0.717) is 17.1 Å². The zero-order valence-electron chi connectivity index (χ0n) is 15.0. The normalized spacial score (nSPS) is 16.2. The van der Waals surface area contributed by atoms with Gasteiger partial charge in [-0.2, -0.15) is 0 Å². The molecule has 1 aliphatic carbocycles. The molecule has 1 atom stereocenters. The van der Waals surface area contributed by atoms with E-state index in [1.165, 1.54) is 10.9 Å². The molecule has 134 valence electrons. The van der Waals surface area contributed by atoms with Crippen LogP contribution in [0.1, 0.15) is 40.5 Å². The third-order valence-electron chi connectivity index (χ3n) is 5.07. The van der Waals surface area contributed by atoms with E-state index in [-0.39, 0.29) is 11.9 Å². The van der Waals surface area contributed by atoms with Crippen LogP contribution < -0.4 is 14.8 Å². The Balaban J connectivity index is 1.61. The summed E-state index contributed by atoms with van der Waals surface area (Å²) < 4.78 is 10.5. The number of ether oxygens (including phenoxy) is 2. The maximum atomic E-state index is 12.8. The monoisotopic (exact) mass is 350 g/mol. The molecule has 0 aliphatic heterocycles. The smallest absolute Gasteiger partial charge is 0.251 e. The maximum absolute atomic E-state index is 12.8. The van der Waals surface area contributed by atoms with Gasteiger partial charge in [0, 0.05) is 22.2 Å². The molecule has 1 amide bonds. The Kier molecular flexibility index (Phi) is 4.29. The van der Waals surface area contributed by atoms with E-state index in [4.69, 9.17) is 9.47 Å². The molecule has 0 radical (unpaired) electrons. The van der Waals surface area contributed by atoms with Crippen LogP contribution >= 0.6 is 0 Å². The van der Waals surface area contributed by atoms with Crippen LogP contribution in [0.15, 0.2) is 42.5 Å². The number of aromatic amines is 1. The molecule has 2 N–H and O–H groups in total. The molecule has 1 aliphatic rings. The van der Waals surface area contributed by atoms with Gasteiger partial charge in [-0.3, -0.25) is 4.79 Å². The Hall–Kier alpha value is -2.95. The quantitative estimate of drug-likeness (QED) is 0.748. The van der Waals surface area contributed by atoms with Gasteiger partial charge < -0.3 is 19.8 Å². The Bertz CT molecular complexity index is 961. The van der Waals surface area contributed by atoms with E-state index in [0.717, 1.165) is 30.5 Å². The third kappa shape index (κ3) is 2.79. The topological polar surface area (TPSA) is 63.3 Å². The first-order chi connectivity index (χ1) is 12.7. The highest BCUT2D eigenvalue weighted by atomic mass is 16.5. The Morgan fingerprint density at radius 2 is 1.92 bits per heavy atom. The Morgan fingerprint density at radius 3 is 2.73 bits per heavy atom. The van der Waals surface area contributed by atoms with Gasteiger partial charge in [-0.1, -0.05) is 18.2 Å². The molecule has 1 aromatic heterocycles. The summed E-state index contributed by atoms with van der Waals surface area (Å²) >= 11 is 0. The molecule has 2 aromatic carbocycles. The van der Waals surface area contributed by atoms with Gasteiger partial charge in [-0.15, -0.1) is 0 Å². The van der Waals surface area contributed by atoms with Crippen molar-refractivity contribution in [2.45, 2.75) is 25.3 Å². The fourth-order valence-electron chi connectivity index (χ4n) is 3.78. The van der Waals surface area contributed by atoms with Gasteiger partial charge in [0.15, 0.2) is 11.5 Å². The number of hydrogen-bond acceptors (Lipinski definition) is 3. The van der Waals surface area contributed by atoms with Crippen molar-refractivity contribution >= 4 is 16.8 Å². The number of amides is 1. The summed E-state index contributed by atoms with van der Waals surface area (Å²) in [5.41, 5.74) is 4.14. The molecule has 5 heteroatoms. The molecule has 1 heterocycles. The number of rotatable bonds is 4. The minimum atomic E-state index is -0.109. The predicted octanol–water partition coefficient (Wildman–Crippen LogP) is 3.99. The van der Waals surface area contributed by atoms with Gasteiger partial charge >= 0.3 is 0 Å². The third-order valence-corrected chi connectivity index (χ3v) is 5.07. The second-order valence-corrected chi connectivity index (χ2v) is 6.55. The molecule has 0 spiro atoms. The van der Waals surface area contributed by atoms with Crippen LogP contribution in [0.3, 0.4) is 0 Å². The maximum Gasteiger partial charge on any atom is 0.251 e. The second-order valence-electron chi connectivity index (χ2n) is 6.55. The van der Waals surface area contributed by atoms with Gasteiger partial charge in [-0.05, 0) is 49.1 Å². The van der Waals surface area contributed by atoms with Gasteiger partial charge in [-0.25, -0.2) is 0 Å². The summed E-state index contributed by atoms with van der Waals surface area (Å²) in [5.74, 6) is 1.05. The SMILES string of the molecule is COc1ccc(C(=O)NC2CCCc3c2[nH]c2ccccc32)cc1OC. The summed E-state index contributed by atoms with van der Waals surface area (Å²) in [7, 11) is 3.15. The van der Waals surface area contributed by atoms with Gasteiger partial charge in [0.05, 0.1) is 20.3 Å². The van der Waals surface area contributed by atoms with Gasteiger partial charge in [0.25, 0.3) is 5.91 Å². The minimum absolute atomic E-state index is 0.00764. The number of benzene rings is 2. The number of para-hydroxylation sites is 1.